The van der Waals surface area contributed by atoms with Crippen LogP contribution in [0.2, 0.25) is 0 Å². The highest BCUT2D eigenvalue weighted by Crippen LogP contribution is 2.24. The Bertz CT molecular complexity index is 349. The maximum atomic E-state index is 5.90. The average Bonchev–Trinajstić information content (AvgIpc) is 2.80. The quantitative estimate of drug-likeness (QED) is 0.764. The van der Waals surface area contributed by atoms with Crippen LogP contribution in [0.1, 0.15) is 12.8 Å². The van der Waals surface area contributed by atoms with Crippen LogP contribution in [0.15, 0.2) is 18.2 Å². The number of methoxy groups -OCH3 is 1. The van der Waals surface area contributed by atoms with E-state index >= 15 is 0 Å². The highest BCUT2D eigenvalue weighted by molar-refractivity contribution is 5.68. The van der Waals surface area contributed by atoms with Crippen molar-refractivity contribution in [1.29, 1.82) is 0 Å². The molecular weight excluding hydrogens is 204 g/mol. The third-order valence-electron chi connectivity index (χ3n) is 2.80. The molecule has 2 rings (SSSR count). The van der Waals surface area contributed by atoms with Crippen molar-refractivity contribution in [2.24, 2.45) is 0 Å². The summed E-state index contributed by atoms with van der Waals surface area (Å²) in [6, 6.07) is 5.65. The maximum absolute atomic E-state index is 5.90. The second-order valence-electron chi connectivity index (χ2n) is 3.97. The lowest BCUT2D eigenvalue weighted by Crippen LogP contribution is -2.18. The molecule has 88 valence electrons. The minimum atomic E-state index is 0.321. The first kappa shape index (κ1) is 11.1. The summed E-state index contributed by atoms with van der Waals surface area (Å²) in [7, 11) is 1.63. The van der Waals surface area contributed by atoms with Crippen molar-refractivity contribution in [1.82, 2.24) is 0 Å². The molecule has 0 spiro atoms. The monoisotopic (exact) mass is 222 g/mol. The zero-order valence-electron chi connectivity index (χ0n) is 9.53. The van der Waals surface area contributed by atoms with Gasteiger partial charge in [-0.15, -0.1) is 0 Å². The molecule has 0 aromatic heterocycles. The van der Waals surface area contributed by atoms with Crippen molar-refractivity contribution < 1.29 is 9.47 Å². The Morgan fingerprint density at radius 3 is 3.06 bits per heavy atom. The lowest BCUT2D eigenvalue weighted by molar-refractivity contribution is 0.120. The van der Waals surface area contributed by atoms with Crippen molar-refractivity contribution in [3.8, 4) is 5.75 Å². The maximum Gasteiger partial charge on any atom is 0.121 e. The van der Waals surface area contributed by atoms with Crippen molar-refractivity contribution in [3.63, 3.8) is 0 Å². The number of rotatable bonds is 4. The Hall–Kier alpha value is -1.42. The third-order valence-corrected chi connectivity index (χ3v) is 2.80. The molecule has 1 saturated heterocycles. The standard InChI is InChI=1S/C12H18N2O2/c1-15-9-4-5-12(11(13)7-9)14-8-10-3-2-6-16-10/h4-5,7,10,14H,2-3,6,8,13H2,1H3. The molecule has 1 aromatic rings. The molecule has 0 amide bonds. The first-order valence-electron chi connectivity index (χ1n) is 5.58. The van der Waals surface area contributed by atoms with Gasteiger partial charge in [-0.3, -0.25) is 0 Å². The van der Waals surface area contributed by atoms with E-state index < -0.39 is 0 Å². The molecule has 1 aliphatic heterocycles. The summed E-state index contributed by atoms with van der Waals surface area (Å²) in [5, 5.41) is 3.30. The van der Waals surface area contributed by atoms with Crippen molar-refractivity contribution in [3.05, 3.63) is 18.2 Å². The Balaban J connectivity index is 1.93. The predicted molar refractivity (Wildman–Crippen MR) is 64.9 cm³/mol. The number of hydrogen-bond donors (Lipinski definition) is 2. The van der Waals surface area contributed by atoms with Crippen molar-refractivity contribution in [2.75, 3.05) is 31.3 Å². The van der Waals surface area contributed by atoms with E-state index in [1.807, 2.05) is 18.2 Å². The normalized spacial score (nSPS) is 19.7. The summed E-state index contributed by atoms with van der Waals surface area (Å²) >= 11 is 0. The molecule has 4 heteroatoms. The van der Waals surface area contributed by atoms with Gasteiger partial charge in [0.1, 0.15) is 5.75 Å². The molecule has 1 unspecified atom stereocenters. The molecule has 0 bridgehead atoms. The molecule has 4 nitrogen and oxygen atoms in total. The van der Waals surface area contributed by atoms with Crippen LogP contribution in [-0.4, -0.2) is 26.4 Å². The Labute approximate surface area is 95.7 Å². The van der Waals surface area contributed by atoms with Gasteiger partial charge in [0.25, 0.3) is 0 Å². The molecular formula is C12H18N2O2. The molecule has 1 fully saturated rings. The van der Waals surface area contributed by atoms with Crippen LogP contribution in [0.25, 0.3) is 0 Å². The number of hydrogen-bond acceptors (Lipinski definition) is 4. The summed E-state index contributed by atoms with van der Waals surface area (Å²) in [6.07, 6.45) is 2.61. The molecule has 0 radical (unpaired) electrons. The molecule has 1 heterocycles. The highest BCUT2D eigenvalue weighted by Gasteiger charge is 2.15. The lowest BCUT2D eigenvalue weighted by atomic mass is 10.2. The fourth-order valence-corrected chi connectivity index (χ4v) is 1.86. The van der Waals surface area contributed by atoms with E-state index in [-0.39, 0.29) is 0 Å². The average molecular weight is 222 g/mol. The number of nitrogen functional groups attached to an aromatic ring is 1. The molecule has 0 saturated carbocycles. The molecule has 0 aliphatic carbocycles. The minimum Gasteiger partial charge on any atom is -0.497 e. The van der Waals surface area contributed by atoms with Crippen LogP contribution < -0.4 is 15.8 Å². The zero-order valence-corrected chi connectivity index (χ0v) is 9.53. The Morgan fingerprint density at radius 1 is 1.56 bits per heavy atom. The smallest absolute Gasteiger partial charge is 0.121 e. The van der Waals surface area contributed by atoms with Crippen LogP contribution in [0, 0.1) is 0 Å². The van der Waals surface area contributed by atoms with Gasteiger partial charge in [-0.05, 0) is 25.0 Å². The lowest BCUT2D eigenvalue weighted by Gasteiger charge is -2.14. The summed E-state index contributed by atoms with van der Waals surface area (Å²) in [6.45, 7) is 1.70. The van der Waals surface area contributed by atoms with Crippen molar-refractivity contribution in [2.45, 2.75) is 18.9 Å². The van der Waals surface area contributed by atoms with Crippen LogP contribution in [0.5, 0.6) is 5.75 Å². The summed E-state index contributed by atoms with van der Waals surface area (Å²) in [5.41, 5.74) is 7.55. The van der Waals surface area contributed by atoms with Gasteiger partial charge < -0.3 is 20.5 Å². The number of anilines is 2. The minimum absolute atomic E-state index is 0.321. The van der Waals surface area contributed by atoms with E-state index in [9.17, 15) is 0 Å². The number of ether oxygens (including phenoxy) is 2. The Kier molecular flexibility index (Phi) is 3.51. The van der Waals surface area contributed by atoms with Gasteiger partial charge in [0.15, 0.2) is 0 Å². The molecule has 1 aromatic carbocycles. The predicted octanol–water partition coefficient (Wildman–Crippen LogP) is 1.87. The van der Waals surface area contributed by atoms with Gasteiger partial charge in [0.05, 0.1) is 24.6 Å². The third kappa shape index (κ3) is 2.58. The number of nitrogens with one attached hydrogen (secondary N) is 1. The molecule has 1 aliphatic rings. The zero-order chi connectivity index (χ0) is 11.4. The fourth-order valence-electron chi connectivity index (χ4n) is 1.86. The van der Waals surface area contributed by atoms with E-state index in [1.54, 1.807) is 7.11 Å². The largest absolute Gasteiger partial charge is 0.497 e. The SMILES string of the molecule is COc1ccc(NCC2CCCO2)c(N)c1. The van der Waals surface area contributed by atoms with Gasteiger partial charge in [-0.25, -0.2) is 0 Å². The second kappa shape index (κ2) is 5.07. The number of nitrogens with two attached hydrogens (primary N) is 1. The van der Waals surface area contributed by atoms with Gasteiger partial charge in [-0.2, -0.15) is 0 Å². The van der Waals surface area contributed by atoms with Gasteiger partial charge in [-0.1, -0.05) is 0 Å². The van der Waals surface area contributed by atoms with E-state index in [0.29, 0.717) is 11.8 Å². The number of benzene rings is 1. The molecule has 16 heavy (non-hydrogen) atoms. The van der Waals surface area contributed by atoms with E-state index in [1.165, 1.54) is 0 Å². The summed E-state index contributed by atoms with van der Waals surface area (Å²) in [5.74, 6) is 0.778. The highest BCUT2D eigenvalue weighted by atomic mass is 16.5. The summed E-state index contributed by atoms with van der Waals surface area (Å²) < 4.78 is 10.6. The van der Waals surface area contributed by atoms with Crippen LogP contribution >= 0.6 is 0 Å². The van der Waals surface area contributed by atoms with Gasteiger partial charge in [0, 0.05) is 19.2 Å². The second-order valence-corrected chi connectivity index (χ2v) is 3.97. The van der Waals surface area contributed by atoms with E-state index in [0.717, 1.165) is 37.4 Å². The van der Waals surface area contributed by atoms with E-state index in [4.69, 9.17) is 15.2 Å². The fraction of sp³-hybridized carbons (Fsp3) is 0.500. The van der Waals surface area contributed by atoms with Crippen LogP contribution in [0.4, 0.5) is 11.4 Å². The molecule has 1 atom stereocenters. The Morgan fingerprint density at radius 2 is 2.44 bits per heavy atom. The van der Waals surface area contributed by atoms with Gasteiger partial charge in [0.2, 0.25) is 0 Å². The first-order valence-corrected chi connectivity index (χ1v) is 5.58. The topological polar surface area (TPSA) is 56.5 Å². The first-order chi connectivity index (χ1) is 7.79. The van der Waals surface area contributed by atoms with Crippen LogP contribution in [-0.2, 0) is 4.74 Å². The van der Waals surface area contributed by atoms with Crippen molar-refractivity contribution >= 4 is 11.4 Å². The van der Waals surface area contributed by atoms with E-state index in [2.05, 4.69) is 5.32 Å². The summed E-state index contributed by atoms with van der Waals surface area (Å²) in [4.78, 5) is 0. The molecule has 3 N–H and O–H groups in total. The van der Waals surface area contributed by atoms with Crippen LogP contribution in [0.3, 0.4) is 0 Å². The van der Waals surface area contributed by atoms with Gasteiger partial charge >= 0.3 is 0 Å².